The molecule has 0 radical (unpaired) electrons. The highest BCUT2D eigenvalue weighted by Crippen LogP contribution is 2.35. The third-order valence-electron chi connectivity index (χ3n) is 3.41. The molecule has 0 saturated carbocycles. The first kappa shape index (κ1) is 13.2. The molecule has 148 valence electrons. The molecule has 10 heteroatoms. The van der Waals surface area contributed by atoms with Crippen LogP contribution in [-0.2, 0) is 35.8 Å². The van der Waals surface area contributed by atoms with Crippen LogP contribution in [0.25, 0.3) is 0 Å². The molecule has 2 aromatic rings. The average Bonchev–Trinajstić information content (AvgIpc) is 2.97. The van der Waals surface area contributed by atoms with Crippen LogP contribution < -0.4 is 5.73 Å². The number of halogens is 3. The Morgan fingerprint density at radius 3 is 2.36 bits per heavy atom. The van der Waals surface area contributed by atoms with Gasteiger partial charge < -0.3 is 14.7 Å². The molecule has 0 bridgehead atoms. The van der Waals surface area contributed by atoms with Crippen molar-refractivity contribution in [3.05, 3.63) is 82.8 Å². The summed E-state index contributed by atoms with van der Waals surface area (Å²) in [5.41, 5.74) is 3.40. The fraction of sp³-hybridized carbons (Fsp3) is 0.167. The van der Waals surface area contributed by atoms with Gasteiger partial charge in [-0.1, -0.05) is 42.3 Å². The van der Waals surface area contributed by atoms with E-state index in [2.05, 4.69) is 4.18 Å². The van der Waals surface area contributed by atoms with Gasteiger partial charge in [-0.15, -0.1) is 0 Å². The van der Waals surface area contributed by atoms with Crippen LogP contribution >= 0.6 is 0 Å². The summed E-state index contributed by atoms with van der Waals surface area (Å²) < 4.78 is 119. The number of carbonyl (C=O) groups excluding carboxylic acids is 1. The highest BCUT2D eigenvalue weighted by molar-refractivity contribution is 7.86. The molecule has 1 heterocycles. The van der Waals surface area contributed by atoms with Gasteiger partial charge in [0, 0.05) is 5.56 Å². The van der Waals surface area contributed by atoms with Gasteiger partial charge in [0.2, 0.25) is 17.4 Å². The van der Waals surface area contributed by atoms with E-state index in [-0.39, 0.29) is 0 Å². The Bertz CT molecular complexity index is 1300. The molecule has 6 nitrogen and oxygen atoms in total. The number of ether oxygens (including phenoxy) is 1. The maximum absolute atomic E-state index is 12.8. The summed E-state index contributed by atoms with van der Waals surface area (Å²) >= 11 is 0. The van der Waals surface area contributed by atoms with Gasteiger partial charge in [-0.2, -0.15) is 21.6 Å². The Kier molecular flexibility index (Phi) is 3.39. The zero-order chi connectivity index (χ0) is 25.8. The Labute approximate surface area is 166 Å². The van der Waals surface area contributed by atoms with Crippen molar-refractivity contribution in [2.24, 2.45) is 5.73 Å². The minimum atomic E-state index is -4.87. The lowest BCUT2D eigenvalue weighted by Gasteiger charge is -2.12. The molecule has 0 spiro atoms. The lowest BCUT2D eigenvalue weighted by Crippen LogP contribution is -2.16. The second-order valence-corrected chi connectivity index (χ2v) is 6.99. The summed E-state index contributed by atoms with van der Waals surface area (Å²) in [6.45, 7) is 0. The number of rotatable bonds is 5. The number of carbonyl (C=O) groups is 1. The van der Waals surface area contributed by atoms with Gasteiger partial charge in [0.15, 0.2) is 6.08 Å². The normalized spacial score (nSPS) is 23.2. The van der Waals surface area contributed by atoms with Gasteiger partial charge in [-0.3, -0.25) is 4.79 Å². The largest absolute Gasteiger partial charge is 0.460 e. The molecule has 0 unspecified atom stereocenters. The van der Waals surface area contributed by atoms with Crippen molar-refractivity contribution in [1.82, 2.24) is 0 Å². The smallest absolute Gasteiger partial charge is 0.416 e. The molecule has 0 aliphatic carbocycles. The van der Waals surface area contributed by atoms with Crippen molar-refractivity contribution in [3.8, 4) is 0 Å². The third-order valence-corrected chi connectivity index (χ3v) is 4.47. The molecule has 0 amide bonds. The summed E-state index contributed by atoms with van der Waals surface area (Å²) in [4.78, 5) is 12.7. The third kappa shape index (κ3) is 4.28. The van der Waals surface area contributed by atoms with Crippen LogP contribution in [0, 0.1) is 0 Å². The van der Waals surface area contributed by atoms with E-state index in [4.69, 9.17) is 18.7 Å². The highest BCUT2D eigenvalue weighted by Gasteiger charge is 2.40. The van der Waals surface area contributed by atoms with Gasteiger partial charge in [0.25, 0.3) is 0 Å². The average molecular weight is 419 g/mol. The van der Waals surface area contributed by atoms with Gasteiger partial charge in [-0.25, -0.2) is 0 Å². The van der Waals surface area contributed by atoms with Gasteiger partial charge in [0.05, 0.1) is 13.8 Å². The summed E-state index contributed by atoms with van der Waals surface area (Å²) in [6, 6.07) is -1.22. The Balaban J connectivity index is 1.89. The summed E-state index contributed by atoms with van der Waals surface area (Å²) in [6.07, 6.45) is -7.42. The Morgan fingerprint density at radius 2 is 1.79 bits per heavy atom. The zero-order valence-electron chi connectivity index (χ0n) is 19.7. The quantitative estimate of drug-likeness (QED) is 0.749. The monoisotopic (exact) mass is 419 g/mol. The molecule has 3 rings (SSSR count). The van der Waals surface area contributed by atoms with Crippen molar-refractivity contribution in [2.75, 3.05) is 0 Å². The number of ketones is 1. The molecule has 2 N–H and O–H groups in total. The van der Waals surface area contributed by atoms with E-state index < -0.39 is 92.5 Å². The van der Waals surface area contributed by atoms with Crippen LogP contribution in [-0.4, -0.2) is 14.2 Å². The van der Waals surface area contributed by atoms with Crippen molar-refractivity contribution < 1.29 is 43.5 Å². The van der Waals surface area contributed by atoms with E-state index in [1.807, 2.05) is 0 Å². The predicted octanol–water partition coefficient (Wildman–Crippen LogP) is 3.02. The molecule has 1 atom stereocenters. The minimum Gasteiger partial charge on any atom is -0.460 e. The van der Waals surface area contributed by atoms with E-state index in [0.717, 1.165) is 12.1 Å². The molecule has 0 saturated heterocycles. The second kappa shape index (κ2) is 7.19. The van der Waals surface area contributed by atoms with Crippen LogP contribution in [0.1, 0.15) is 31.0 Å². The second-order valence-electron chi connectivity index (χ2n) is 5.42. The molecule has 0 aromatic heterocycles. The molecular weight excluding hydrogens is 399 g/mol. The van der Waals surface area contributed by atoms with Crippen molar-refractivity contribution in [3.63, 3.8) is 0 Å². The van der Waals surface area contributed by atoms with Crippen LogP contribution in [0.3, 0.4) is 0 Å². The van der Waals surface area contributed by atoms with Crippen LogP contribution in [0.5, 0.6) is 0 Å². The summed E-state index contributed by atoms with van der Waals surface area (Å²) in [5, 5.41) is 0. The summed E-state index contributed by atoms with van der Waals surface area (Å²) in [7, 11) is -4.87. The zero-order valence-corrected chi connectivity index (χ0v) is 14.5. The molecule has 0 fully saturated rings. The topological polar surface area (TPSA) is 95.7 Å². The number of alkyl halides is 3. The molecule has 2 aromatic carbocycles. The first-order valence-electron chi connectivity index (χ1n) is 10.4. The van der Waals surface area contributed by atoms with E-state index in [1.165, 1.54) is 0 Å². The SMILES string of the molecule is [2H]c1c([2H])c([2H])c(CS(=O)(=O)OC2=C(N)O[C@]([2H])(c3ccc(C(F)(F)F)cc3)C2=O)c([2H])c1[2H]. The number of Topliss-reactive ketones (excluding diaryl/α,β-unsaturated/α-hetero) is 1. The number of nitrogens with two attached hydrogens (primary N) is 1. The lowest BCUT2D eigenvalue weighted by molar-refractivity contribution is -0.137. The Hall–Kier alpha value is -3.01. The molecular formula is C18H14F3NO5S. The number of benzene rings is 2. The minimum absolute atomic E-state index is 0.393. The van der Waals surface area contributed by atoms with E-state index >= 15 is 0 Å². The van der Waals surface area contributed by atoms with Crippen LogP contribution in [0.2, 0.25) is 0 Å². The highest BCUT2D eigenvalue weighted by atomic mass is 32.2. The first-order chi connectivity index (χ1) is 15.5. The van der Waals surface area contributed by atoms with Crippen LogP contribution in [0.15, 0.2) is 66.1 Å². The van der Waals surface area contributed by atoms with Crippen molar-refractivity contribution in [2.45, 2.75) is 18.0 Å². The lowest BCUT2D eigenvalue weighted by atomic mass is 10.0. The van der Waals surface area contributed by atoms with Crippen molar-refractivity contribution in [1.29, 1.82) is 0 Å². The maximum atomic E-state index is 12.8. The maximum Gasteiger partial charge on any atom is 0.416 e. The number of hydrogen-bond acceptors (Lipinski definition) is 6. The van der Waals surface area contributed by atoms with Gasteiger partial charge in [0.1, 0.15) is 5.75 Å². The standard InChI is InChI=1S/C18H14F3NO5S/c19-18(20,21)13-8-6-12(7-9-13)15-14(23)16(17(22)26-15)27-28(24,25)10-11-4-2-1-3-5-11/h1-9,15H,10,22H2/t15-/m1/s1/i1D,2D,3D,4D,5D,15D. The van der Waals surface area contributed by atoms with Crippen molar-refractivity contribution >= 4 is 15.9 Å². The molecule has 1 aliphatic rings. The Morgan fingerprint density at radius 1 is 1.18 bits per heavy atom. The van der Waals surface area contributed by atoms with Gasteiger partial charge in [-0.05, 0) is 17.7 Å². The van der Waals surface area contributed by atoms with E-state index in [1.54, 1.807) is 0 Å². The first-order valence-corrected chi connectivity index (χ1v) is 8.96. The fourth-order valence-electron chi connectivity index (χ4n) is 2.18. The van der Waals surface area contributed by atoms with Gasteiger partial charge >= 0.3 is 16.3 Å². The molecule has 28 heavy (non-hydrogen) atoms. The summed E-state index contributed by atoms with van der Waals surface area (Å²) in [5.74, 6) is -4.76. The molecule has 1 aliphatic heterocycles. The number of hydrogen-bond donors (Lipinski definition) is 1. The fourth-order valence-corrected chi connectivity index (χ4v) is 3.15. The van der Waals surface area contributed by atoms with E-state index in [0.29, 0.717) is 12.1 Å². The van der Waals surface area contributed by atoms with E-state index in [9.17, 15) is 26.4 Å². The predicted molar refractivity (Wildman–Crippen MR) is 91.6 cm³/mol. The van der Waals surface area contributed by atoms with Crippen LogP contribution in [0.4, 0.5) is 13.2 Å².